The van der Waals surface area contributed by atoms with Crippen molar-refractivity contribution in [2.75, 3.05) is 18.2 Å². The Balaban J connectivity index is 2.51. The average molecular weight is 239 g/mol. The third kappa shape index (κ3) is 4.35. The molecule has 0 aromatic heterocycles. The first-order valence-electron chi connectivity index (χ1n) is 4.69. The Bertz CT molecular complexity index is 375. The molecule has 4 nitrogen and oxygen atoms in total. The van der Waals surface area contributed by atoms with Crippen molar-refractivity contribution in [2.45, 2.75) is 11.8 Å². The fraction of sp³-hybridized carbons (Fsp3) is 0.273. The Hall–Kier alpha value is -1.49. The lowest BCUT2D eigenvalue weighted by Gasteiger charge is -2.03. The van der Waals surface area contributed by atoms with Gasteiger partial charge in [-0.1, -0.05) is 0 Å². The van der Waals surface area contributed by atoms with Crippen molar-refractivity contribution >= 4 is 29.3 Å². The Labute approximate surface area is 98.4 Å². The van der Waals surface area contributed by atoms with Crippen LogP contribution in [-0.2, 0) is 14.3 Å². The molecule has 0 bridgehead atoms. The maximum absolute atomic E-state index is 10.9. The molecular weight excluding hydrogens is 226 g/mol. The van der Waals surface area contributed by atoms with Crippen LogP contribution in [0.15, 0.2) is 29.2 Å². The standard InChI is InChI=1S/C11H13NO3S/c1-8(13)12-9-3-5-10(6-4-9)16-7-11(14)15-2/h3-6H,7H2,1-2H3,(H,12,13). The molecule has 0 unspecified atom stereocenters. The van der Waals surface area contributed by atoms with Crippen LogP contribution in [0, 0.1) is 0 Å². The molecule has 0 fully saturated rings. The van der Waals surface area contributed by atoms with Gasteiger partial charge in [-0.05, 0) is 24.3 Å². The number of carbonyl (C=O) groups excluding carboxylic acids is 2. The maximum atomic E-state index is 10.9. The van der Waals surface area contributed by atoms with E-state index < -0.39 is 0 Å². The molecule has 0 saturated carbocycles. The van der Waals surface area contributed by atoms with Crippen LogP contribution in [-0.4, -0.2) is 24.7 Å². The SMILES string of the molecule is COC(=O)CSc1ccc(NC(C)=O)cc1. The molecule has 0 aliphatic rings. The Kier molecular flexibility index (Phi) is 4.85. The zero-order valence-electron chi connectivity index (χ0n) is 9.15. The number of ether oxygens (including phenoxy) is 1. The molecular formula is C11H13NO3S. The van der Waals surface area contributed by atoms with Gasteiger partial charge in [0.2, 0.25) is 5.91 Å². The summed E-state index contributed by atoms with van der Waals surface area (Å²) in [7, 11) is 1.36. The summed E-state index contributed by atoms with van der Waals surface area (Å²) in [4.78, 5) is 22.6. The summed E-state index contributed by atoms with van der Waals surface area (Å²) in [6.07, 6.45) is 0. The average Bonchev–Trinajstić information content (AvgIpc) is 2.27. The van der Waals surface area contributed by atoms with Crippen molar-refractivity contribution in [3.63, 3.8) is 0 Å². The monoisotopic (exact) mass is 239 g/mol. The van der Waals surface area contributed by atoms with Crippen LogP contribution in [0.5, 0.6) is 0 Å². The molecule has 1 aromatic rings. The molecule has 0 atom stereocenters. The van der Waals surface area contributed by atoms with Crippen molar-refractivity contribution in [1.82, 2.24) is 0 Å². The van der Waals surface area contributed by atoms with Gasteiger partial charge >= 0.3 is 5.97 Å². The third-order valence-corrected chi connectivity index (χ3v) is 2.74. The lowest BCUT2D eigenvalue weighted by Crippen LogP contribution is -2.05. The summed E-state index contributed by atoms with van der Waals surface area (Å²) in [6.45, 7) is 1.46. The van der Waals surface area contributed by atoms with E-state index in [2.05, 4.69) is 10.1 Å². The number of esters is 1. The van der Waals surface area contributed by atoms with Crippen molar-refractivity contribution in [3.8, 4) is 0 Å². The number of hydrogen-bond donors (Lipinski definition) is 1. The molecule has 0 heterocycles. The van der Waals surface area contributed by atoms with E-state index in [9.17, 15) is 9.59 Å². The largest absolute Gasteiger partial charge is 0.468 e. The summed E-state index contributed by atoms with van der Waals surface area (Å²) >= 11 is 1.39. The fourth-order valence-electron chi connectivity index (χ4n) is 1.04. The molecule has 1 N–H and O–H groups in total. The summed E-state index contributed by atoms with van der Waals surface area (Å²) in [5.41, 5.74) is 0.745. The highest BCUT2D eigenvalue weighted by Gasteiger charge is 2.02. The van der Waals surface area contributed by atoms with E-state index in [0.29, 0.717) is 0 Å². The van der Waals surface area contributed by atoms with Gasteiger partial charge in [-0.3, -0.25) is 9.59 Å². The van der Waals surface area contributed by atoms with Crippen LogP contribution >= 0.6 is 11.8 Å². The molecule has 16 heavy (non-hydrogen) atoms. The first-order chi connectivity index (χ1) is 7.61. The minimum atomic E-state index is -0.254. The number of rotatable bonds is 4. The molecule has 0 aliphatic carbocycles. The number of nitrogens with one attached hydrogen (secondary N) is 1. The number of hydrogen-bond acceptors (Lipinski definition) is 4. The minimum Gasteiger partial charge on any atom is -0.468 e. The number of carbonyl (C=O) groups is 2. The highest BCUT2D eigenvalue weighted by Crippen LogP contribution is 2.20. The van der Waals surface area contributed by atoms with Gasteiger partial charge in [-0.15, -0.1) is 11.8 Å². The summed E-state index contributed by atoms with van der Waals surface area (Å²) in [5.74, 6) is -0.0680. The highest BCUT2D eigenvalue weighted by atomic mass is 32.2. The zero-order valence-corrected chi connectivity index (χ0v) is 9.97. The predicted molar refractivity (Wildman–Crippen MR) is 63.5 cm³/mol. The van der Waals surface area contributed by atoms with E-state index in [4.69, 9.17) is 0 Å². The number of benzene rings is 1. The lowest BCUT2D eigenvalue weighted by molar-refractivity contribution is -0.137. The van der Waals surface area contributed by atoms with Crippen LogP contribution in [0.2, 0.25) is 0 Å². The normalized spacial score (nSPS) is 9.62. The molecule has 1 amide bonds. The Morgan fingerprint density at radius 1 is 1.31 bits per heavy atom. The van der Waals surface area contributed by atoms with Gasteiger partial charge in [0.1, 0.15) is 0 Å². The Morgan fingerprint density at radius 2 is 1.94 bits per heavy atom. The molecule has 86 valence electrons. The first kappa shape index (κ1) is 12.6. The topological polar surface area (TPSA) is 55.4 Å². The third-order valence-electron chi connectivity index (χ3n) is 1.76. The number of amides is 1. The molecule has 0 radical (unpaired) electrons. The molecule has 1 rings (SSSR count). The molecule has 0 spiro atoms. The van der Waals surface area contributed by atoms with Crippen LogP contribution in [0.1, 0.15) is 6.92 Å². The molecule has 0 aliphatic heterocycles. The lowest BCUT2D eigenvalue weighted by atomic mass is 10.3. The van der Waals surface area contributed by atoms with Crippen molar-refractivity contribution in [3.05, 3.63) is 24.3 Å². The summed E-state index contributed by atoms with van der Waals surface area (Å²) < 4.78 is 4.53. The molecule has 5 heteroatoms. The van der Waals surface area contributed by atoms with E-state index in [1.807, 2.05) is 12.1 Å². The van der Waals surface area contributed by atoms with Crippen LogP contribution in [0.4, 0.5) is 5.69 Å². The van der Waals surface area contributed by atoms with E-state index >= 15 is 0 Å². The van der Waals surface area contributed by atoms with Crippen LogP contribution < -0.4 is 5.32 Å². The first-order valence-corrected chi connectivity index (χ1v) is 5.67. The smallest absolute Gasteiger partial charge is 0.315 e. The van der Waals surface area contributed by atoms with Crippen LogP contribution in [0.25, 0.3) is 0 Å². The van der Waals surface area contributed by atoms with Crippen molar-refractivity contribution in [2.24, 2.45) is 0 Å². The Morgan fingerprint density at radius 3 is 2.44 bits per heavy atom. The number of thioether (sulfide) groups is 1. The second kappa shape index (κ2) is 6.17. The fourth-order valence-corrected chi connectivity index (χ4v) is 1.77. The van der Waals surface area contributed by atoms with E-state index in [-0.39, 0.29) is 17.6 Å². The van der Waals surface area contributed by atoms with E-state index in [0.717, 1.165) is 10.6 Å². The van der Waals surface area contributed by atoms with Gasteiger partial charge in [-0.2, -0.15) is 0 Å². The van der Waals surface area contributed by atoms with Crippen molar-refractivity contribution < 1.29 is 14.3 Å². The number of methoxy groups -OCH3 is 1. The summed E-state index contributed by atoms with van der Waals surface area (Å²) in [5, 5.41) is 2.67. The number of anilines is 1. The quantitative estimate of drug-likeness (QED) is 0.644. The van der Waals surface area contributed by atoms with Gasteiger partial charge in [0.15, 0.2) is 0 Å². The van der Waals surface area contributed by atoms with Gasteiger partial charge in [0.05, 0.1) is 12.9 Å². The highest BCUT2D eigenvalue weighted by molar-refractivity contribution is 8.00. The van der Waals surface area contributed by atoms with Gasteiger partial charge < -0.3 is 10.1 Å². The van der Waals surface area contributed by atoms with Gasteiger partial charge in [0, 0.05) is 17.5 Å². The minimum absolute atomic E-state index is 0.102. The zero-order chi connectivity index (χ0) is 12.0. The van der Waals surface area contributed by atoms with E-state index in [1.165, 1.54) is 25.8 Å². The van der Waals surface area contributed by atoms with E-state index in [1.54, 1.807) is 12.1 Å². The van der Waals surface area contributed by atoms with Gasteiger partial charge in [0.25, 0.3) is 0 Å². The molecule has 1 aromatic carbocycles. The molecule has 0 saturated heterocycles. The second-order valence-electron chi connectivity index (χ2n) is 3.07. The predicted octanol–water partition coefficient (Wildman–Crippen LogP) is 1.91. The van der Waals surface area contributed by atoms with Crippen molar-refractivity contribution in [1.29, 1.82) is 0 Å². The van der Waals surface area contributed by atoms with Gasteiger partial charge in [-0.25, -0.2) is 0 Å². The summed E-state index contributed by atoms with van der Waals surface area (Å²) in [6, 6.07) is 7.28. The second-order valence-corrected chi connectivity index (χ2v) is 4.12. The van der Waals surface area contributed by atoms with Crippen LogP contribution in [0.3, 0.4) is 0 Å². The maximum Gasteiger partial charge on any atom is 0.315 e.